The van der Waals surface area contributed by atoms with Gasteiger partial charge < -0.3 is 20.4 Å². The van der Waals surface area contributed by atoms with Gasteiger partial charge in [-0.05, 0) is 53.4 Å². The predicted molar refractivity (Wildman–Crippen MR) is 124 cm³/mol. The lowest BCUT2D eigenvalue weighted by atomic mass is 9.63. The first kappa shape index (κ1) is 22.2. The standard InChI is InChI=1S/C25H36N4O2/c1-24(2)9-10-25(3,4)21-13-17(5-6-20(21)24)23-26-11-7-22(28-23)29-12-8-18(15-29)27-14-19(31)16-30/h5-7,11,13,18-19,27,30-31H,8-10,12,14-16H2,1-4H3/t18-,19-/m0/s1. The van der Waals surface area contributed by atoms with Crippen LogP contribution < -0.4 is 10.2 Å². The van der Waals surface area contributed by atoms with Gasteiger partial charge in [0.15, 0.2) is 5.82 Å². The first-order valence-corrected chi connectivity index (χ1v) is 11.5. The van der Waals surface area contributed by atoms with E-state index in [9.17, 15) is 5.11 Å². The van der Waals surface area contributed by atoms with Gasteiger partial charge in [-0.25, -0.2) is 9.97 Å². The van der Waals surface area contributed by atoms with Crippen molar-refractivity contribution in [3.63, 3.8) is 0 Å². The fourth-order valence-electron chi connectivity index (χ4n) is 4.89. The molecule has 31 heavy (non-hydrogen) atoms. The number of nitrogens with one attached hydrogen (secondary N) is 1. The summed E-state index contributed by atoms with van der Waals surface area (Å²) in [5.74, 6) is 1.71. The van der Waals surface area contributed by atoms with E-state index in [4.69, 9.17) is 10.1 Å². The molecular formula is C25H36N4O2. The van der Waals surface area contributed by atoms with Gasteiger partial charge >= 0.3 is 0 Å². The van der Waals surface area contributed by atoms with Crippen LogP contribution in [-0.2, 0) is 10.8 Å². The fraction of sp³-hybridized carbons (Fsp3) is 0.600. The van der Waals surface area contributed by atoms with E-state index in [1.807, 2.05) is 12.3 Å². The van der Waals surface area contributed by atoms with Crippen LogP contribution in [0.5, 0.6) is 0 Å². The summed E-state index contributed by atoms with van der Waals surface area (Å²) in [5.41, 5.74) is 4.30. The number of anilines is 1. The van der Waals surface area contributed by atoms with Crippen molar-refractivity contribution in [1.82, 2.24) is 15.3 Å². The van der Waals surface area contributed by atoms with E-state index in [0.29, 0.717) is 6.54 Å². The number of benzene rings is 1. The lowest BCUT2D eigenvalue weighted by molar-refractivity contribution is 0.0924. The molecule has 2 atom stereocenters. The van der Waals surface area contributed by atoms with Crippen LogP contribution in [0.2, 0.25) is 0 Å². The normalized spacial score (nSPS) is 22.9. The van der Waals surface area contributed by atoms with Crippen molar-refractivity contribution in [2.75, 3.05) is 31.1 Å². The Bertz CT molecular complexity index is 927. The number of rotatable bonds is 6. The Morgan fingerprint density at radius 1 is 1.13 bits per heavy atom. The molecule has 1 aromatic carbocycles. The smallest absolute Gasteiger partial charge is 0.161 e. The molecule has 1 fully saturated rings. The monoisotopic (exact) mass is 424 g/mol. The van der Waals surface area contributed by atoms with Gasteiger partial charge in [0, 0.05) is 37.4 Å². The van der Waals surface area contributed by atoms with Gasteiger partial charge in [-0.2, -0.15) is 0 Å². The SMILES string of the molecule is CC1(C)CCC(C)(C)c2cc(-c3nccc(N4CC[C@H](NC[C@H](O)CO)C4)n3)ccc21. The molecule has 4 rings (SSSR count). The summed E-state index contributed by atoms with van der Waals surface area (Å²) in [6.07, 6.45) is 4.52. The molecule has 0 unspecified atom stereocenters. The molecule has 0 radical (unpaired) electrons. The third kappa shape index (κ3) is 4.61. The molecule has 3 N–H and O–H groups in total. The molecule has 2 heterocycles. The lowest BCUT2D eigenvalue weighted by Gasteiger charge is -2.42. The average Bonchev–Trinajstić information content (AvgIpc) is 3.24. The van der Waals surface area contributed by atoms with E-state index in [2.05, 4.69) is 61.1 Å². The van der Waals surface area contributed by atoms with E-state index in [0.717, 1.165) is 36.7 Å². The van der Waals surface area contributed by atoms with Crippen LogP contribution in [0, 0.1) is 0 Å². The number of fused-ring (bicyclic) bond motifs is 1. The van der Waals surface area contributed by atoms with Crippen molar-refractivity contribution in [1.29, 1.82) is 0 Å². The van der Waals surface area contributed by atoms with Crippen LogP contribution in [0.15, 0.2) is 30.5 Å². The molecular weight excluding hydrogens is 388 g/mol. The summed E-state index contributed by atoms with van der Waals surface area (Å²) < 4.78 is 0. The molecule has 1 saturated heterocycles. The van der Waals surface area contributed by atoms with Gasteiger partial charge in [-0.3, -0.25) is 0 Å². The number of aliphatic hydroxyl groups excluding tert-OH is 2. The van der Waals surface area contributed by atoms with Gasteiger partial charge in [0.1, 0.15) is 5.82 Å². The molecule has 0 bridgehead atoms. The minimum atomic E-state index is -0.710. The number of hydrogen-bond donors (Lipinski definition) is 3. The molecule has 6 nitrogen and oxygen atoms in total. The van der Waals surface area contributed by atoms with Crippen LogP contribution in [0.3, 0.4) is 0 Å². The van der Waals surface area contributed by atoms with Crippen LogP contribution in [0.1, 0.15) is 58.1 Å². The summed E-state index contributed by atoms with van der Waals surface area (Å²) in [7, 11) is 0. The predicted octanol–water partition coefficient (Wildman–Crippen LogP) is 3.01. The maximum Gasteiger partial charge on any atom is 0.161 e. The van der Waals surface area contributed by atoms with Gasteiger partial charge in [-0.1, -0.05) is 39.8 Å². The van der Waals surface area contributed by atoms with Gasteiger partial charge in [0.25, 0.3) is 0 Å². The number of hydrogen-bond acceptors (Lipinski definition) is 6. The zero-order valence-corrected chi connectivity index (χ0v) is 19.2. The average molecular weight is 425 g/mol. The Hall–Kier alpha value is -2.02. The molecule has 168 valence electrons. The minimum Gasteiger partial charge on any atom is -0.394 e. The first-order chi connectivity index (χ1) is 14.7. The lowest BCUT2D eigenvalue weighted by Crippen LogP contribution is -2.38. The number of aromatic nitrogens is 2. The molecule has 2 aromatic rings. The van der Waals surface area contributed by atoms with Crippen molar-refractivity contribution < 1.29 is 10.2 Å². The van der Waals surface area contributed by atoms with Crippen molar-refractivity contribution in [2.24, 2.45) is 0 Å². The molecule has 1 aliphatic carbocycles. The highest BCUT2D eigenvalue weighted by Gasteiger charge is 2.37. The van der Waals surface area contributed by atoms with E-state index < -0.39 is 6.10 Å². The number of aliphatic hydroxyl groups is 2. The van der Waals surface area contributed by atoms with Crippen molar-refractivity contribution in [3.8, 4) is 11.4 Å². The Labute approximate surface area is 185 Å². The molecule has 0 amide bonds. The van der Waals surface area contributed by atoms with E-state index in [1.165, 1.54) is 24.0 Å². The topological polar surface area (TPSA) is 81.5 Å². The van der Waals surface area contributed by atoms with Crippen LogP contribution in [0.4, 0.5) is 5.82 Å². The largest absolute Gasteiger partial charge is 0.394 e. The van der Waals surface area contributed by atoms with Crippen molar-refractivity contribution in [2.45, 2.75) is 69.9 Å². The minimum absolute atomic E-state index is 0.158. The second kappa shape index (κ2) is 8.49. The zero-order valence-electron chi connectivity index (χ0n) is 19.2. The highest BCUT2D eigenvalue weighted by molar-refractivity contribution is 5.61. The summed E-state index contributed by atoms with van der Waals surface area (Å²) in [6.45, 7) is 11.3. The van der Waals surface area contributed by atoms with Crippen molar-refractivity contribution >= 4 is 5.82 Å². The van der Waals surface area contributed by atoms with E-state index >= 15 is 0 Å². The maximum atomic E-state index is 9.57. The zero-order chi connectivity index (χ0) is 22.2. The first-order valence-electron chi connectivity index (χ1n) is 11.5. The second-order valence-corrected chi connectivity index (χ2v) is 10.4. The van der Waals surface area contributed by atoms with Gasteiger partial charge in [0.05, 0.1) is 12.7 Å². The molecule has 6 heteroatoms. The van der Waals surface area contributed by atoms with Crippen LogP contribution >= 0.6 is 0 Å². The second-order valence-electron chi connectivity index (χ2n) is 10.4. The van der Waals surface area contributed by atoms with Gasteiger partial charge in [-0.15, -0.1) is 0 Å². The Morgan fingerprint density at radius 2 is 1.87 bits per heavy atom. The van der Waals surface area contributed by atoms with Crippen molar-refractivity contribution in [3.05, 3.63) is 41.6 Å². The van der Waals surface area contributed by atoms with E-state index in [1.54, 1.807) is 0 Å². The quantitative estimate of drug-likeness (QED) is 0.661. The summed E-state index contributed by atoms with van der Waals surface area (Å²) >= 11 is 0. The molecule has 1 aliphatic heterocycles. The number of nitrogens with zero attached hydrogens (tertiary/aromatic N) is 3. The fourth-order valence-corrected chi connectivity index (χ4v) is 4.89. The molecule has 2 aliphatic rings. The Balaban J connectivity index is 1.54. The maximum absolute atomic E-state index is 9.57. The van der Waals surface area contributed by atoms with Crippen LogP contribution in [-0.4, -0.2) is 58.6 Å². The molecule has 0 spiro atoms. The summed E-state index contributed by atoms with van der Waals surface area (Å²) in [5, 5.41) is 21.9. The summed E-state index contributed by atoms with van der Waals surface area (Å²) in [6, 6.07) is 9.02. The Morgan fingerprint density at radius 3 is 2.61 bits per heavy atom. The third-order valence-electron chi connectivity index (χ3n) is 7.12. The van der Waals surface area contributed by atoms with Crippen LogP contribution in [0.25, 0.3) is 11.4 Å². The Kier molecular flexibility index (Phi) is 6.08. The highest BCUT2D eigenvalue weighted by Crippen LogP contribution is 2.46. The molecule has 1 aromatic heterocycles. The van der Waals surface area contributed by atoms with Gasteiger partial charge in [0.2, 0.25) is 0 Å². The third-order valence-corrected chi connectivity index (χ3v) is 7.12. The molecule has 0 saturated carbocycles. The van der Waals surface area contributed by atoms with E-state index in [-0.39, 0.29) is 23.5 Å². The highest BCUT2D eigenvalue weighted by atomic mass is 16.3. The summed E-state index contributed by atoms with van der Waals surface area (Å²) in [4.78, 5) is 11.8.